The lowest BCUT2D eigenvalue weighted by Gasteiger charge is -2.19. The predicted molar refractivity (Wildman–Crippen MR) is 120 cm³/mol. The maximum Gasteiger partial charge on any atom is 0.262 e. The van der Waals surface area contributed by atoms with E-state index in [2.05, 4.69) is 17.3 Å². The largest absolute Gasteiger partial charge is 0.296 e. The average Bonchev–Trinajstić information content (AvgIpc) is 2.94. The second-order valence-corrected chi connectivity index (χ2v) is 9.60. The minimum Gasteiger partial charge on any atom is -0.296 e. The van der Waals surface area contributed by atoms with Crippen molar-refractivity contribution in [1.82, 2.24) is 9.55 Å². The molecule has 7 heteroatoms. The number of thioether (sulfide) groups is 1. The Morgan fingerprint density at radius 1 is 1.10 bits per heavy atom. The Bertz CT molecular complexity index is 1180. The van der Waals surface area contributed by atoms with E-state index in [1.807, 2.05) is 22.8 Å². The Labute approximate surface area is 176 Å². The molecule has 0 saturated carbocycles. The normalized spacial score (nSPS) is 16.4. The summed E-state index contributed by atoms with van der Waals surface area (Å²) in [6, 6.07) is 10.2. The first-order valence-corrected chi connectivity index (χ1v) is 11.7. The highest BCUT2D eigenvalue weighted by molar-refractivity contribution is 8.08. The number of aromatic nitrogens is 2. The van der Waals surface area contributed by atoms with E-state index in [1.165, 1.54) is 0 Å². The number of thiophene rings is 1. The molecule has 1 aliphatic heterocycles. The van der Waals surface area contributed by atoms with E-state index in [-0.39, 0.29) is 12.1 Å². The van der Waals surface area contributed by atoms with Crippen LogP contribution < -0.4 is 5.56 Å². The zero-order chi connectivity index (χ0) is 19.8. The second kappa shape index (κ2) is 7.88. The highest BCUT2D eigenvalue weighted by Crippen LogP contribution is 2.47. The Balaban J connectivity index is 1.69. The van der Waals surface area contributed by atoms with Crippen LogP contribution in [-0.4, -0.2) is 16.1 Å². The molecule has 2 aromatic heterocycles. The molecule has 1 aromatic carbocycles. The van der Waals surface area contributed by atoms with Gasteiger partial charge in [-0.05, 0) is 49.0 Å². The quantitative estimate of drug-likeness (QED) is 0.527. The molecule has 0 unspecified atom stereocenters. The van der Waals surface area contributed by atoms with Crippen LogP contribution in [0.1, 0.15) is 41.9 Å². The molecule has 0 spiro atoms. The van der Waals surface area contributed by atoms with Crippen LogP contribution in [0.25, 0.3) is 15.1 Å². The Morgan fingerprint density at radius 3 is 2.79 bits per heavy atom. The average molecular weight is 424 g/mol. The van der Waals surface area contributed by atoms with Gasteiger partial charge in [-0.2, -0.15) is 4.91 Å². The topological polar surface area (TPSA) is 64.3 Å². The van der Waals surface area contributed by atoms with Crippen molar-refractivity contribution in [2.24, 2.45) is 5.18 Å². The third-order valence-electron chi connectivity index (χ3n) is 5.69. The molecule has 29 heavy (non-hydrogen) atoms. The summed E-state index contributed by atoms with van der Waals surface area (Å²) in [5.74, 6) is 0.926. The number of hydrogen-bond donors (Lipinski definition) is 0. The van der Waals surface area contributed by atoms with Gasteiger partial charge in [-0.15, -0.1) is 11.3 Å². The van der Waals surface area contributed by atoms with E-state index >= 15 is 0 Å². The SMILES string of the molecule is O=NCC1=C(Sc2ccccc2)c2sc3nc4n(c(=O)c3c2CC1)CCCCC4. The summed E-state index contributed by atoms with van der Waals surface area (Å²) in [5.41, 5.74) is 2.29. The summed E-state index contributed by atoms with van der Waals surface area (Å²) in [5, 5.41) is 3.96. The van der Waals surface area contributed by atoms with Gasteiger partial charge in [0.2, 0.25) is 0 Å². The molecule has 3 aromatic rings. The van der Waals surface area contributed by atoms with E-state index < -0.39 is 0 Å². The van der Waals surface area contributed by atoms with Crippen molar-refractivity contribution in [2.45, 2.75) is 50.0 Å². The summed E-state index contributed by atoms with van der Waals surface area (Å²) >= 11 is 3.27. The Morgan fingerprint density at radius 2 is 1.97 bits per heavy atom. The number of rotatable bonds is 4. The minimum absolute atomic E-state index is 0.116. The third-order valence-corrected chi connectivity index (χ3v) is 8.17. The van der Waals surface area contributed by atoms with E-state index in [0.29, 0.717) is 0 Å². The van der Waals surface area contributed by atoms with Crippen molar-refractivity contribution < 1.29 is 0 Å². The molecule has 0 radical (unpaired) electrons. The third kappa shape index (κ3) is 3.36. The number of hydrogen-bond acceptors (Lipinski definition) is 6. The number of fused-ring (bicyclic) bond motifs is 4. The standard InChI is InChI=1S/C22H21N3O2S2/c26-22-18-16-11-10-14(13-23-27)19(28-15-7-3-1-4-8-15)20(16)29-21(18)24-17-9-5-2-6-12-25(17)22/h1,3-4,7-8H,2,5-6,9-13H2. The van der Waals surface area contributed by atoms with Crippen LogP contribution in [0.3, 0.4) is 0 Å². The molecular weight excluding hydrogens is 402 g/mol. The zero-order valence-electron chi connectivity index (χ0n) is 16.0. The number of nitrogens with zero attached hydrogens (tertiary/aromatic N) is 3. The lowest BCUT2D eigenvalue weighted by molar-refractivity contribution is 0.614. The van der Waals surface area contributed by atoms with Crippen LogP contribution in [0.4, 0.5) is 0 Å². The first-order chi connectivity index (χ1) is 14.3. The zero-order valence-corrected chi connectivity index (χ0v) is 17.7. The fraction of sp³-hybridized carbons (Fsp3) is 0.364. The van der Waals surface area contributed by atoms with Gasteiger partial charge < -0.3 is 0 Å². The molecule has 0 fully saturated rings. The molecule has 0 atom stereocenters. The molecular formula is C22H21N3O2S2. The first-order valence-electron chi connectivity index (χ1n) is 10.1. The molecule has 3 heterocycles. The molecule has 148 valence electrons. The molecule has 0 amide bonds. The fourth-order valence-corrected chi connectivity index (χ4v) is 6.78. The molecule has 0 saturated heterocycles. The summed E-state index contributed by atoms with van der Waals surface area (Å²) in [6.45, 7) is 0.968. The monoisotopic (exact) mass is 423 g/mol. The lowest BCUT2D eigenvalue weighted by Crippen LogP contribution is -2.24. The van der Waals surface area contributed by atoms with Gasteiger partial charge >= 0.3 is 0 Å². The summed E-state index contributed by atoms with van der Waals surface area (Å²) in [4.78, 5) is 33.5. The van der Waals surface area contributed by atoms with Gasteiger partial charge in [0.1, 0.15) is 17.2 Å². The van der Waals surface area contributed by atoms with Gasteiger partial charge in [0.05, 0.1) is 5.39 Å². The highest BCUT2D eigenvalue weighted by Gasteiger charge is 2.28. The molecule has 1 aliphatic carbocycles. The van der Waals surface area contributed by atoms with E-state index in [0.717, 1.165) is 86.9 Å². The van der Waals surface area contributed by atoms with E-state index in [9.17, 15) is 9.70 Å². The van der Waals surface area contributed by atoms with Gasteiger partial charge in [0, 0.05) is 27.6 Å². The van der Waals surface area contributed by atoms with Crippen molar-refractivity contribution in [2.75, 3.05) is 6.54 Å². The second-order valence-electron chi connectivity index (χ2n) is 7.52. The molecule has 5 rings (SSSR count). The fourth-order valence-electron chi connectivity index (χ4n) is 4.26. The van der Waals surface area contributed by atoms with Crippen LogP contribution in [0, 0.1) is 4.91 Å². The smallest absolute Gasteiger partial charge is 0.262 e. The summed E-state index contributed by atoms with van der Waals surface area (Å²) in [6.07, 6.45) is 5.69. The van der Waals surface area contributed by atoms with Crippen LogP contribution in [0.15, 0.2) is 50.8 Å². The van der Waals surface area contributed by atoms with Crippen molar-refractivity contribution in [3.8, 4) is 0 Å². The molecule has 0 N–H and O–H groups in total. The maximum absolute atomic E-state index is 13.4. The first kappa shape index (κ1) is 18.8. The van der Waals surface area contributed by atoms with Crippen molar-refractivity contribution in [3.05, 3.63) is 67.4 Å². The molecule has 0 bridgehead atoms. The summed E-state index contributed by atoms with van der Waals surface area (Å²) < 4.78 is 1.90. The van der Waals surface area contributed by atoms with Crippen molar-refractivity contribution in [1.29, 1.82) is 0 Å². The van der Waals surface area contributed by atoms with Crippen LogP contribution in [0.5, 0.6) is 0 Å². The van der Waals surface area contributed by atoms with E-state index in [1.54, 1.807) is 23.1 Å². The number of benzene rings is 1. The minimum atomic E-state index is 0.116. The molecule has 2 aliphatic rings. The highest BCUT2D eigenvalue weighted by atomic mass is 32.2. The van der Waals surface area contributed by atoms with Crippen molar-refractivity contribution in [3.63, 3.8) is 0 Å². The van der Waals surface area contributed by atoms with Crippen LogP contribution >= 0.6 is 23.1 Å². The lowest BCUT2D eigenvalue weighted by atomic mass is 9.96. The predicted octanol–water partition coefficient (Wildman–Crippen LogP) is 5.40. The number of nitroso groups, excluding NO2 is 1. The summed E-state index contributed by atoms with van der Waals surface area (Å²) in [7, 11) is 0. The van der Waals surface area contributed by atoms with Crippen LogP contribution in [-0.2, 0) is 19.4 Å². The molecule has 5 nitrogen and oxygen atoms in total. The van der Waals surface area contributed by atoms with Gasteiger partial charge in [0.15, 0.2) is 0 Å². The Hall–Kier alpha value is -2.25. The van der Waals surface area contributed by atoms with Crippen LogP contribution in [0.2, 0.25) is 0 Å². The van der Waals surface area contributed by atoms with Gasteiger partial charge in [-0.1, -0.05) is 41.6 Å². The van der Waals surface area contributed by atoms with Gasteiger partial charge in [0.25, 0.3) is 5.56 Å². The van der Waals surface area contributed by atoms with Gasteiger partial charge in [-0.3, -0.25) is 9.36 Å². The van der Waals surface area contributed by atoms with Crippen molar-refractivity contribution >= 4 is 38.2 Å². The Kier molecular flexibility index (Phi) is 5.09. The van der Waals surface area contributed by atoms with E-state index in [4.69, 9.17) is 4.98 Å². The number of aryl methyl sites for hydroxylation is 2. The maximum atomic E-state index is 13.4. The van der Waals surface area contributed by atoms with Gasteiger partial charge in [-0.25, -0.2) is 4.98 Å².